The van der Waals surface area contributed by atoms with Gasteiger partial charge in [-0.25, -0.2) is 42.6 Å². The molecule has 9 N–H and O–H groups in total. The van der Waals surface area contributed by atoms with Crippen LogP contribution in [0.25, 0.3) is 42.3 Å². The number of hydrogen-bond acceptors (Lipinski definition) is 26. The van der Waals surface area contributed by atoms with E-state index in [1.165, 1.54) is 90.5 Å². The molecule has 42 heteroatoms. The number of aliphatic hydroxyl groups is 1. The number of nitrogens with zero attached hydrogens (tertiary/aromatic N) is 7. The number of nitrogens with two attached hydrogens (primary N) is 2. The number of hydrogen-bond donors (Lipinski definition) is 7. The van der Waals surface area contributed by atoms with Crippen LogP contribution < -0.4 is 46.8 Å². The summed E-state index contributed by atoms with van der Waals surface area (Å²) >= 11 is 27.8. The molecular weight excluding hydrogens is 2090 g/mol. The Hall–Kier alpha value is -11.3. The molecule has 0 bridgehead atoms. The second kappa shape index (κ2) is 54.3. The number of nitrogens with one attached hydrogen (secondary N) is 3. The number of amides is 6. The molecule has 816 valence electrons. The highest BCUT2D eigenvalue weighted by Gasteiger charge is 2.49. The van der Waals surface area contributed by atoms with Gasteiger partial charge in [-0.3, -0.25) is 45.4 Å². The van der Waals surface area contributed by atoms with Crippen molar-refractivity contribution in [3.63, 3.8) is 0 Å². The Balaban J connectivity index is 0.000000235. The van der Waals surface area contributed by atoms with Gasteiger partial charge >= 0.3 is 24.2 Å². The largest absolute Gasteiger partial charge is 0.489 e. The Morgan fingerprint density at radius 2 is 0.707 bits per heavy atom. The molecule has 5 heterocycles. The van der Waals surface area contributed by atoms with Gasteiger partial charge in [0.2, 0.25) is 0 Å². The summed E-state index contributed by atoms with van der Waals surface area (Å²) in [5.74, 6) is 1.17. The molecule has 10 aromatic rings. The van der Waals surface area contributed by atoms with Gasteiger partial charge in [0.1, 0.15) is 80.4 Å². The number of rotatable bonds is 29. The Kier molecular flexibility index (Phi) is 44.8. The molecule has 2 aromatic heterocycles. The minimum Gasteiger partial charge on any atom is -0.489 e. The lowest BCUT2D eigenvalue weighted by Crippen LogP contribution is -2.51. The van der Waals surface area contributed by atoms with Crippen molar-refractivity contribution >= 4 is 123 Å². The fourth-order valence-corrected chi connectivity index (χ4v) is 18.2. The summed E-state index contributed by atoms with van der Waals surface area (Å²) in [4.78, 5) is 89.7. The van der Waals surface area contributed by atoms with Crippen LogP contribution in [0.3, 0.4) is 0 Å². The summed E-state index contributed by atoms with van der Waals surface area (Å²) in [6.45, 7) is 43.8. The molecule has 3 saturated heterocycles. The van der Waals surface area contributed by atoms with E-state index in [-0.39, 0.29) is 114 Å². The van der Waals surface area contributed by atoms with Gasteiger partial charge in [0.25, 0.3) is 17.7 Å². The van der Waals surface area contributed by atoms with Crippen molar-refractivity contribution in [1.29, 1.82) is 0 Å². The number of aromatic carboxylic acids is 1. The molecule has 3 fully saturated rings. The van der Waals surface area contributed by atoms with Gasteiger partial charge in [0, 0.05) is 52.1 Å². The number of nitrogen functional groups attached to an aromatic ring is 1. The van der Waals surface area contributed by atoms with Gasteiger partial charge in [0.15, 0.2) is 46.3 Å². The highest BCUT2D eigenvalue weighted by molar-refractivity contribution is 7.18. The number of carboxylic acids is 1. The van der Waals surface area contributed by atoms with E-state index >= 15 is 4.39 Å². The van der Waals surface area contributed by atoms with Crippen molar-refractivity contribution in [2.75, 3.05) is 52.9 Å². The lowest BCUT2D eigenvalue weighted by Gasteiger charge is -2.35. The second-order valence-corrected chi connectivity index (χ2v) is 45.3. The molecule has 4 atom stereocenters. The van der Waals surface area contributed by atoms with E-state index in [1.54, 1.807) is 128 Å². The minimum absolute atomic E-state index is 0. The summed E-state index contributed by atoms with van der Waals surface area (Å²) < 4.78 is 115. The molecule has 0 spiro atoms. The molecule has 3 aliphatic rings. The maximum absolute atomic E-state index is 15.1. The van der Waals surface area contributed by atoms with Crippen LogP contribution in [0, 0.1) is 46.9 Å². The zero-order valence-corrected chi connectivity index (χ0v) is 93.8. The van der Waals surface area contributed by atoms with Crippen molar-refractivity contribution in [2.45, 2.75) is 243 Å². The maximum Gasteiger partial charge on any atom is 0.413 e. The first-order valence-electron chi connectivity index (χ1n) is 48.3. The van der Waals surface area contributed by atoms with E-state index in [4.69, 9.17) is 116 Å². The SMILES string of the molecule is CC(C)(C)OC(=O)N1[C@@H](COc2cc(Cl)c(C(=O)NN)cc2F)COC1(C)C.CC(C)Cc1ccc(-c2nnc(-c3cc(F)c(OC[C@H](N)CO)cc3Cl)s2)cc1.CC(C)Cc1ccc(-c2nnc(-c3cc(F)c(OC[C@H]4COC(C)(C)N4C(=O)OC(C)(C)C)cc3Cl)s2)cc1.CC(C)Cc1ccc(C(=O)NNC(=O)c2cc(F)c(OC[C@H]3COC(C)(C)N3C(=O)OC(C)(C)C)cc2Cl)cc1.CC(C)Cc1ccc(C(=O)O)cc1.Cl. The number of halogens is 9. The van der Waals surface area contributed by atoms with Crippen LogP contribution in [0.5, 0.6) is 23.0 Å². The number of hydrazine groups is 2. The Morgan fingerprint density at radius 3 is 1.01 bits per heavy atom. The molecule has 150 heavy (non-hydrogen) atoms. The van der Waals surface area contributed by atoms with Gasteiger partial charge < -0.3 is 63.3 Å². The van der Waals surface area contributed by atoms with Gasteiger partial charge in [-0.15, -0.1) is 32.8 Å². The van der Waals surface area contributed by atoms with Crippen molar-refractivity contribution < 1.29 is 109 Å². The van der Waals surface area contributed by atoms with Crippen molar-refractivity contribution in [3.05, 3.63) is 233 Å². The predicted octanol–water partition coefficient (Wildman–Crippen LogP) is 23.5. The minimum atomic E-state index is -0.949. The number of ether oxygens (including phenoxy) is 10. The number of carbonyl (C=O) groups is 7. The molecule has 31 nitrogen and oxygen atoms in total. The topological polar surface area (TPSA) is 402 Å². The number of aliphatic hydroxyl groups excluding tert-OH is 1. The Bertz CT molecular complexity index is 6250. The third-order valence-corrected chi connectivity index (χ3v) is 25.4. The summed E-state index contributed by atoms with van der Waals surface area (Å²) in [5, 5.41) is 37.5. The first-order chi connectivity index (χ1) is 69.6. The van der Waals surface area contributed by atoms with Gasteiger partial charge in [-0.1, -0.05) is 197 Å². The lowest BCUT2D eigenvalue weighted by molar-refractivity contribution is -0.0648. The standard InChI is InChI=1S/C29H37ClFN3O6.C29H35ClFN3O4S.C21H23ClFN3O2S.C18H25ClFN3O5.C11H14O2.ClH/c1-17(2)12-18-8-10-19(11-9-18)25(35)32-33-26(36)21-13-23(31)24(14-22(21)30)38-15-20-16-39-29(6,7)34(20)27(37)40-28(3,4)5;1-17(2)12-18-8-10-19(11-9-18)25-32-33-26(39-25)21-13-23(31)24(14-22(21)30)36-15-20-16-37-29(6,7)34(20)27(35)38-28(3,4)5;1-12(2)7-13-3-5-14(6-4-13)20-25-26-21(29-20)16-8-18(23)19(9-17(16)22)28-11-15(24)10-27;1-17(2,3)28-16(25)23-10(9-27-18(23,4)5)8-26-14-7-12(19)11(6-13(14)20)15(24)22-21;1-8(2)7-9-3-5-10(6-4-9)11(12)13;/h8-11,13-14,17,20H,12,15-16H2,1-7H3,(H,32,35)(H,33,36);8-11,13-14,17,20H,12,15-16H2,1-7H3;3-6,8-9,12,15,27H,7,10-11,24H2,1-2H3;6-7,10H,8-9,21H2,1-5H3,(H,22,24);3-6,8H,7H2,1-2H3,(H,12,13);1H/t2*20-;15-;10-;;/m0010../s1. The van der Waals surface area contributed by atoms with E-state index < -0.39 is 123 Å². The Morgan fingerprint density at radius 1 is 0.427 bits per heavy atom. The predicted molar refractivity (Wildman–Crippen MR) is 575 cm³/mol. The first-order valence-corrected chi connectivity index (χ1v) is 51.5. The number of carboxylic acid groups (broad SMARTS) is 1. The van der Waals surface area contributed by atoms with Crippen LogP contribution >= 0.6 is 81.5 Å². The highest BCUT2D eigenvalue weighted by Crippen LogP contribution is 2.43. The van der Waals surface area contributed by atoms with Crippen molar-refractivity contribution in [1.82, 2.24) is 51.4 Å². The molecular formula is C108H135Cl5F4N12O19S2. The second-order valence-electron chi connectivity index (χ2n) is 41.7. The van der Waals surface area contributed by atoms with Gasteiger partial charge in [-0.2, -0.15) is 0 Å². The Labute approximate surface area is 907 Å². The zero-order valence-electron chi connectivity index (χ0n) is 88.3. The number of carbonyl (C=O) groups excluding carboxylic acids is 6. The molecule has 0 radical (unpaired) electrons. The van der Waals surface area contributed by atoms with E-state index in [9.17, 15) is 46.7 Å². The first kappa shape index (κ1) is 124. The fourth-order valence-electron chi connectivity index (χ4n) is 15.4. The van der Waals surface area contributed by atoms with Crippen LogP contribution in [0.4, 0.5) is 31.9 Å². The van der Waals surface area contributed by atoms with Gasteiger partial charge in [-0.05, 0) is 224 Å². The van der Waals surface area contributed by atoms with E-state index in [2.05, 4.69) is 111 Å². The molecule has 0 aliphatic carbocycles. The molecule has 0 saturated carbocycles. The van der Waals surface area contributed by atoms with E-state index in [0.29, 0.717) is 61.0 Å². The third-order valence-electron chi connectivity index (χ3n) is 22.2. The summed E-state index contributed by atoms with van der Waals surface area (Å²) in [6.07, 6.45) is 2.26. The van der Waals surface area contributed by atoms with Crippen LogP contribution in [0.2, 0.25) is 20.1 Å². The van der Waals surface area contributed by atoms with Crippen LogP contribution in [-0.2, 0) is 54.1 Å². The lowest BCUT2D eigenvalue weighted by atomic mass is 10.0. The zero-order chi connectivity index (χ0) is 110. The maximum atomic E-state index is 15.1. The van der Waals surface area contributed by atoms with Gasteiger partial charge in [0.05, 0.1) is 87.4 Å². The molecule has 0 unspecified atom stereocenters. The molecule has 3 aliphatic heterocycles. The molecule has 8 aromatic carbocycles. The quantitative estimate of drug-likeness (QED) is 0.00752. The van der Waals surface area contributed by atoms with E-state index in [0.717, 1.165) is 64.5 Å². The smallest absolute Gasteiger partial charge is 0.413 e. The number of benzene rings is 8. The van der Waals surface area contributed by atoms with Crippen LogP contribution in [0.1, 0.15) is 223 Å². The summed E-state index contributed by atoms with van der Waals surface area (Å²) in [5.41, 5.74) is 15.2. The number of aromatic nitrogens is 4. The highest BCUT2D eigenvalue weighted by atomic mass is 35.5. The van der Waals surface area contributed by atoms with Crippen LogP contribution in [-0.4, -0.2) is 198 Å². The van der Waals surface area contributed by atoms with Crippen LogP contribution in [0.15, 0.2) is 146 Å². The fraction of sp³-hybridized carbons (Fsp3) is 0.454. The molecule has 13 rings (SSSR count). The average Bonchev–Trinajstić information content (AvgIpc) is 1.67. The van der Waals surface area contributed by atoms with Crippen molar-refractivity contribution in [2.24, 2.45) is 35.2 Å². The normalized spacial score (nSPS) is 15.6. The average molecular weight is 2220 g/mol. The molecule has 6 amide bonds. The third kappa shape index (κ3) is 36.5. The summed E-state index contributed by atoms with van der Waals surface area (Å²) in [7, 11) is 0. The van der Waals surface area contributed by atoms with E-state index in [1.807, 2.05) is 54.0 Å². The monoisotopic (exact) mass is 2220 g/mol. The van der Waals surface area contributed by atoms with Crippen molar-refractivity contribution in [3.8, 4) is 65.3 Å². The summed E-state index contributed by atoms with van der Waals surface area (Å²) in [6, 6.07) is 38.0.